The maximum atomic E-state index is 13.6. The highest BCUT2D eigenvalue weighted by atomic mass is 19.1. The predicted octanol–water partition coefficient (Wildman–Crippen LogP) is 1.58. The summed E-state index contributed by atoms with van der Waals surface area (Å²) in [5, 5.41) is 8.68. The summed E-state index contributed by atoms with van der Waals surface area (Å²) in [5.41, 5.74) is -0.110. The molecule has 110 valence electrons. The van der Waals surface area contributed by atoms with Gasteiger partial charge in [-0.1, -0.05) is 0 Å². The topological polar surface area (TPSA) is 49.8 Å². The van der Waals surface area contributed by atoms with Crippen LogP contribution in [0.1, 0.15) is 23.2 Å². The summed E-state index contributed by atoms with van der Waals surface area (Å²) >= 11 is 0. The number of benzene rings is 1. The highest BCUT2D eigenvalue weighted by Crippen LogP contribution is 2.18. The normalized spacial score (nSPS) is 16.4. The van der Waals surface area contributed by atoms with Gasteiger partial charge in [-0.25, -0.2) is 8.78 Å². The lowest BCUT2D eigenvalue weighted by molar-refractivity contribution is -0.00561. The number of carbonyl (C=O) groups excluding carboxylic acids is 1. The number of amides is 1. The second kappa shape index (κ2) is 6.76. The Bertz CT molecular complexity index is 473. The molecule has 1 N–H and O–H groups in total. The van der Waals surface area contributed by atoms with Crippen LogP contribution in [-0.2, 0) is 4.74 Å². The highest BCUT2D eigenvalue weighted by molar-refractivity contribution is 5.94. The summed E-state index contributed by atoms with van der Waals surface area (Å²) in [6.07, 6.45) is 1.31. The minimum Gasteiger partial charge on any atom is -0.394 e. The third-order valence-electron chi connectivity index (χ3n) is 3.34. The number of halogens is 2. The van der Waals surface area contributed by atoms with E-state index in [-0.39, 0.29) is 24.9 Å². The molecule has 2 rings (SSSR count). The van der Waals surface area contributed by atoms with Crippen molar-refractivity contribution >= 4 is 5.91 Å². The summed E-state index contributed by atoms with van der Waals surface area (Å²) in [4.78, 5) is 13.7. The number of carbonyl (C=O) groups is 1. The van der Waals surface area contributed by atoms with Crippen LogP contribution in [0.2, 0.25) is 0 Å². The number of hydrogen-bond acceptors (Lipinski definition) is 3. The van der Waals surface area contributed by atoms with Crippen LogP contribution in [0.4, 0.5) is 8.78 Å². The average Bonchev–Trinajstić information content (AvgIpc) is 2.45. The molecule has 1 aliphatic rings. The predicted molar refractivity (Wildman–Crippen MR) is 68.3 cm³/mol. The van der Waals surface area contributed by atoms with Crippen LogP contribution in [0.15, 0.2) is 18.2 Å². The number of ether oxygens (including phenoxy) is 1. The van der Waals surface area contributed by atoms with E-state index in [0.29, 0.717) is 32.0 Å². The Morgan fingerprint density at radius 3 is 2.65 bits per heavy atom. The number of aliphatic hydroxyl groups is 1. The van der Waals surface area contributed by atoms with Crippen LogP contribution >= 0.6 is 0 Å². The first-order valence-electron chi connectivity index (χ1n) is 6.58. The van der Waals surface area contributed by atoms with Crippen molar-refractivity contribution in [3.63, 3.8) is 0 Å². The number of hydrogen-bond donors (Lipinski definition) is 1. The summed E-state index contributed by atoms with van der Waals surface area (Å²) in [6.45, 7) is 1.18. The molecule has 0 unspecified atom stereocenters. The van der Waals surface area contributed by atoms with E-state index in [1.807, 2.05) is 0 Å². The standard InChI is InChI=1S/C14H17F2NO3/c15-10-1-2-12(13(16)9-10)14(19)17-5-3-11(4-6-17)20-8-7-18/h1-2,9,11,18H,3-8H2. The summed E-state index contributed by atoms with van der Waals surface area (Å²) in [7, 11) is 0. The van der Waals surface area contributed by atoms with Gasteiger partial charge in [-0.3, -0.25) is 4.79 Å². The van der Waals surface area contributed by atoms with Crippen LogP contribution in [0.3, 0.4) is 0 Å². The largest absolute Gasteiger partial charge is 0.394 e. The molecule has 0 aromatic heterocycles. The maximum Gasteiger partial charge on any atom is 0.256 e. The second-order valence-electron chi connectivity index (χ2n) is 4.71. The maximum absolute atomic E-state index is 13.6. The number of likely N-dealkylation sites (tertiary alicyclic amines) is 1. The molecule has 0 atom stereocenters. The minimum atomic E-state index is -0.839. The molecule has 4 nitrogen and oxygen atoms in total. The van der Waals surface area contributed by atoms with E-state index in [1.54, 1.807) is 0 Å². The van der Waals surface area contributed by atoms with Gasteiger partial charge in [0.2, 0.25) is 0 Å². The third kappa shape index (κ3) is 3.52. The smallest absolute Gasteiger partial charge is 0.256 e. The number of nitrogens with zero attached hydrogens (tertiary/aromatic N) is 1. The lowest BCUT2D eigenvalue weighted by atomic mass is 10.1. The van der Waals surface area contributed by atoms with Gasteiger partial charge in [0.1, 0.15) is 11.6 Å². The van der Waals surface area contributed by atoms with E-state index in [4.69, 9.17) is 9.84 Å². The average molecular weight is 285 g/mol. The molecule has 0 bridgehead atoms. The van der Waals surface area contributed by atoms with E-state index >= 15 is 0 Å². The summed E-state index contributed by atoms with van der Waals surface area (Å²) in [5.74, 6) is -1.97. The van der Waals surface area contributed by atoms with E-state index in [0.717, 1.165) is 6.07 Å². The monoisotopic (exact) mass is 285 g/mol. The Hall–Kier alpha value is -1.53. The van der Waals surface area contributed by atoms with Crippen molar-refractivity contribution in [3.05, 3.63) is 35.4 Å². The van der Waals surface area contributed by atoms with Crippen molar-refractivity contribution in [1.82, 2.24) is 4.90 Å². The molecule has 0 aliphatic carbocycles. The molecule has 1 aliphatic heterocycles. The number of rotatable bonds is 4. The van der Waals surface area contributed by atoms with Crippen LogP contribution < -0.4 is 0 Å². The first-order chi connectivity index (χ1) is 9.61. The second-order valence-corrected chi connectivity index (χ2v) is 4.71. The fourth-order valence-corrected chi connectivity index (χ4v) is 2.28. The lowest BCUT2D eigenvalue weighted by Crippen LogP contribution is -2.41. The number of piperidine rings is 1. The molecule has 1 aromatic carbocycles. The summed E-state index contributed by atoms with van der Waals surface area (Å²) in [6, 6.07) is 2.96. The molecule has 6 heteroatoms. The van der Waals surface area contributed by atoms with Gasteiger partial charge in [0.15, 0.2) is 0 Å². The molecular weight excluding hydrogens is 268 g/mol. The van der Waals surface area contributed by atoms with Gasteiger partial charge in [-0.15, -0.1) is 0 Å². The molecule has 0 spiro atoms. The van der Waals surface area contributed by atoms with Crippen molar-refractivity contribution in [2.75, 3.05) is 26.3 Å². The zero-order valence-electron chi connectivity index (χ0n) is 11.0. The third-order valence-corrected chi connectivity index (χ3v) is 3.34. The van der Waals surface area contributed by atoms with Crippen molar-refractivity contribution < 1.29 is 23.4 Å². The van der Waals surface area contributed by atoms with E-state index < -0.39 is 17.5 Å². The van der Waals surface area contributed by atoms with Gasteiger partial charge >= 0.3 is 0 Å². The zero-order valence-corrected chi connectivity index (χ0v) is 11.0. The first-order valence-corrected chi connectivity index (χ1v) is 6.58. The van der Waals surface area contributed by atoms with Gasteiger partial charge in [-0.05, 0) is 25.0 Å². The van der Waals surface area contributed by atoms with Gasteiger partial charge in [-0.2, -0.15) is 0 Å². The van der Waals surface area contributed by atoms with Crippen LogP contribution in [0.25, 0.3) is 0 Å². The molecule has 1 saturated heterocycles. The van der Waals surface area contributed by atoms with E-state index in [9.17, 15) is 13.6 Å². The van der Waals surface area contributed by atoms with Gasteiger partial charge in [0.25, 0.3) is 5.91 Å². The fourth-order valence-electron chi connectivity index (χ4n) is 2.28. The quantitative estimate of drug-likeness (QED) is 0.913. The van der Waals surface area contributed by atoms with E-state index in [1.165, 1.54) is 11.0 Å². The first kappa shape index (κ1) is 14.9. The lowest BCUT2D eigenvalue weighted by Gasteiger charge is -2.32. The van der Waals surface area contributed by atoms with Gasteiger partial charge in [0.05, 0.1) is 24.9 Å². The Kier molecular flexibility index (Phi) is 5.03. The van der Waals surface area contributed by atoms with Gasteiger partial charge < -0.3 is 14.7 Å². The molecule has 0 radical (unpaired) electrons. The molecule has 1 amide bonds. The minimum absolute atomic E-state index is 0.0178. The molecule has 1 aromatic rings. The molecule has 20 heavy (non-hydrogen) atoms. The molecule has 1 fully saturated rings. The van der Waals surface area contributed by atoms with Crippen LogP contribution in [0.5, 0.6) is 0 Å². The molecule has 1 heterocycles. The fraction of sp³-hybridized carbons (Fsp3) is 0.500. The Morgan fingerprint density at radius 2 is 2.05 bits per heavy atom. The number of aliphatic hydroxyl groups excluding tert-OH is 1. The molecule has 0 saturated carbocycles. The van der Waals surface area contributed by atoms with Crippen molar-refractivity contribution in [3.8, 4) is 0 Å². The Morgan fingerprint density at radius 1 is 1.35 bits per heavy atom. The molecular formula is C14H17F2NO3. The van der Waals surface area contributed by atoms with Crippen LogP contribution in [-0.4, -0.2) is 48.3 Å². The van der Waals surface area contributed by atoms with E-state index in [2.05, 4.69) is 0 Å². The zero-order chi connectivity index (χ0) is 14.5. The SMILES string of the molecule is O=C(c1ccc(F)cc1F)N1CCC(OCCO)CC1. The van der Waals surface area contributed by atoms with Gasteiger partial charge in [0, 0.05) is 19.2 Å². The van der Waals surface area contributed by atoms with Crippen molar-refractivity contribution in [2.24, 2.45) is 0 Å². The van der Waals surface area contributed by atoms with Crippen molar-refractivity contribution in [1.29, 1.82) is 0 Å². The highest BCUT2D eigenvalue weighted by Gasteiger charge is 2.25. The Labute approximate surface area is 116 Å². The van der Waals surface area contributed by atoms with Crippen molar-refractivity contribution in [2.45, 2.75) is 18.9 Å². The summed E-state index contributed by atoms with van der Waals surface area (Å²) < 4.78 is 31.8. The van der Waals surface area contributed by atoms with Crippen LogP contribution in [0, 0.1) is 11.6 Å². The Balaban J connectivity index is 1.94.